The molecule has 2 aromatic rings. The van der Waals surface area contributed by atoms with Gasteiger partial charge in [0.1, 0.15) is 5.82 Å². The van der Waals surface area contributed by atoms with E-state index in [0.717, 1.165) is 21.7 Å². The number of piperazine rings is 1. The topological polar surface area (TPSA) is 78.7 Å². The first-order valence-corrected chi connectivity index (χ1v) is 9.12. The van der Waals surface area contributed by atoms with Crippen LogP contribution < -0.4 is 0 Å². The summed E-state index contributed by atoms with van der Waals surface area (Å²) in [4.78, 5) is 31.1. The number of amides is 2. The third kappa shape index (κ3) is 4.16. The van der Waals surface area contributed by atoms with Crippen molar-refractivity contribution in [2.45, 2.75) is 18.2 Å². The minimum atomic E-state index is -5.11. The molecule has 1 aromatic heterocycles. The van der Waals surface area contributed by atoms with Gasteiger partial charge in [0.2, 0.25) is 11.5 Å². The Balaban J connectivity index is 1.67. The maximum Gasteiger partial charge on any atom is 0.425 e. The van der Waals surface area contributed by atoms with Crippen LogP contribution in [0.4, 0.5) is 17.6 Å². The summed E-state index contributed by atoms with van der Waals surface area (Å²) >= 11 is 0. The summed E-state index contributed by atoms with van der Waals surface area (Å²) in [5.41, 5.74) is -3.28. The predicted molar refractivity (Wildman–Crippen MR) is 96.7 cm³/mol. The van der Waals surface area contributed by atoms with E-state index in [2.05, 4.69) is 4.98 Å². The molecule has 0 radical (unpaired) electrons. The van der Waals surface area contributed by atoms with Crippen LogP contribution in [-0.4, -0.2) is 68.6 Å². The molecule has 1 atom stereocenters. The van der Waals surface area contributed by atoms with E-state index in [-0.39, 0.29) is 31.7 Å². The van der Waals surface area contributed by atoms with Crippen LogP contribution in [0.5, 0.6) is 0 Å². The van der Waals surface area contributed by atoms with Crippen molar-refractivity contribution in [3.8, 4) is 0 Å². The summed E-state index contributed by atoms with van der Waals surface area (Å²) in [5.74, 6) is -2.57. The van der Waals surface area contributed by atoms with Gasteiger partial charge in [-0.2, -0.15) is 13.2 Å². The number of rotatable bonds is 4. The normalized spacial score (nSPS) is 17.0. The van der Waals surface area contributed by atoms with E-state index in [9.17, 15) is 32.3 Å². The first kappa shape index (κ1) is 21.8. The highest BCUT2D eigenvalue weighted by atomic mass is 19.4. The van der Waals surface area contributed by atoms with E-state index < -0.39 is 41.7 Å². The zero-order valence-electron chi connectivity index (χ0n) is 16.1. The first-order valence-electron chi connectivity index (χ1n) is 9.12. The van der Waals surface area contributed by atoms with Gasteiger partial charge in [0, 0.05) is 51.2 Å². The number of nitrogens with zero attached hydrogens (tertiary/aromatic N) is 4. The molecule has 3 rings (SSSR count). The summed E-state index contributed by atoms with van der Waals surface area (Å²) in [7, 11) is 1.29. The van der Waals surface area contributed by atoms with Crippen molar-refractivity contribution in [3.63, 3.8) is 0 Å². The van der Waals surface area contributed by atoms with Crippen molar-refractivity contribution >= 4 is 11.8 Å². The van der Waals surface area contributed by atoms with Crippen LogP contribution in [0, 0.1) is 5.82 Å². The number of carbonyl (C=O) groups excluding carboxylic acids is 2. The van der Waals surface area contributed by atoms with Crippen LogP contribution in [0.3, 0.4) is 0 Å². The molecule has 2 heterocycles. The van der Waals surface area contributed by atoms with Crippen molar-refractivity contribution in [1.82, 2.24) is 19.4 Å². The maximum absolute atomic E-state index is 13.6. The number of imidazole rings is 1. The van der Waals surface area contributed by atoms with Crippen LogP contribution in [-0.2, 0) is 17.4 Å². The van der Waals surface area contributed by atoms with Gasteiger partial charge in [0.15, 0.2) is 5.82 Å². The van der Waals surface area contributed by atoms with Crippen molar-refractivity contribution in [2.75, 3.05) is 26.2 Å². The fourth-order valence-electron chi connectivity index (χ4n) is 3.36. The number of hydrogen-bond acceptors (Lipinski definition) is 4. The quantitative estimate of drug-likeness (QED) is 0.752. The Bertz CT molecular complexity index is 938. The summed E-state index contributed by atoms with van der Waals surface area (Å²) in [6, 6.07) is 5.16. The fraction of sp³-hybridized carbons (Fsp3) is 0.421. The Morgan fingerprint density at radius 2 is 1.77 bits per heavy atom. The van der Waals surface area contributed by atoms with E-state index in [1.807, 2.05) is 0 Å². The summed E-state index contributed by atoms with van der Waals surface area (Å²) in [5, 5.41) is 10.3. The summed E-state index contributed by atoms with van der Waals surface area (Å²) < 4.78 is 55.1. The number of aryl methyl sites for hydroxylation is 1. The molecule has 1 fully saturated rings. The van der Waals surface area contributed by atoms with E-state index in [4.69, 9.17) is 0 Å². The van der Waals surface area contributed by atoms with Gasteiger partial charge in [-0.15, -0.1) is 0 Å². The van der Waals surface area contributed by atoms with E-state index >= 15 is 0 Å². The Labute approximate surface area is 169 Å². The van der Waals surface area contributed by atoms with Gasteiger partial charge in [-0.1, -0.05) is 6.07 Å². The molecule has 11 heteroatoms. The fourth-order valence-corrected chi connectivity index (χ4v) is 3.36. The average Bonchev–Trinajstić information content (AvgIpc) is 3.13. The smallest absolute Gasteiger partial charge is 0.374 e. The molecule has 0 aliphatic carbocycles. The van der Waals surface area contributed by atoms with Gasteiger partial charge in [-0.3, -0.25) is 9.59 Å². The average molecular weight is 428 g/mol. The number of benzene rings is 1. The zero-order chi connectivity index (χ0) is 22.1. The maximum atomic E-state index is 13.6. The second-order valence-electron chi connectivity index (χ2n) is 7.08. The highest BCUT2D eigenvalue weighted by Gasteiger charge is 2.59. The van der Waals surface area contributed by atoms with Gasteiger partial charge in [0.05, 0.1) is 6.42 Å². The zero-order valence-corrected chi connectivity index (χ0v) is 16.1. The lowest BCUT2D eigenvalue weighted by Gasteiger charge is -2.37. The number of carbonyl (C=O) groups is 2. The third-order valence-electron chi connectivity index (χ3n) is 5.06. The molecule has 1 aliphatic heterocycles. The molecule has 162 valence electrons. The predicted octanol–water partition coefficient (Wildman–Crippen LogP) is 1.68. The number of aliphatic hydroxyl groups is 1. The third-order valence-corrected chi connectivity index (χ3v) is 5.06. The molecule has 0 bridgehead atoms. The summed E-state index contributed by atoms with van der Waals surface area (Å²) in [6.45, 7) is 0.144. The van der Waals surface area contributed by atoms with Gasteiger partial charge in [-0.05, 0) is 18.2 Å². The molecular weight excluding hydrogens is 408 g/mol. The van der Waals surface area contributed by atoms with Crippen molar-refractivity contribution < 1.29 is 32.3 Å². The van der Waals surface area contributed by atoms with Gasteiger partial charge in [-0.25, -0.2) is 9.37 Å². The SMILES string of the molecule is Cn1ccnc1C(O)(CC(=O)N1CCN(C(=O)c2cccc(F)c2)CC1)C(F)(F)F. The van der Waals surface area contributed by atoms with Crippen molar-refractivity contribution in [1.29, 1.82) is 0 Å². The lowest BCUT2D eigenvalue weighted by atomic mass is 9.96. The van der Waals surface area contributed by atoms with Gasteiger partial charge in [0.25, 0.3) is 5.91 Å². The monoisotopic (exact) mass is 428 g/mol. The van der Waals surface area contributed by atoms with Crippen LogP contribution >= 0.6 is 0 Å². The number of halogens is 4. The van der Waals surface area contributed by atoms with Gasteiger partial charge >= 0.3 is 6.18 Å². The minimum Gasteiger partial charge on any atom is -0.374 e. The Morgan fingerprint density at radius 1 is 1.13 bits per heavy atom. The van der Waals surface area contributed by atoms with E-state index in [0.29, 0.717) is 0 Å². The van der Waals surface area contributed by atoms with Crippen LogP contribution in [0.25, 0.3) is 0 Å². The Kier molecular flexibility index (Phi) is 5.84. The Morgan fingerprint density at radius 3 is 2.30 bits per heavy atom. The number of alkyl halides is 3. The van der Waals surface area contributed by atoms with Crippen molar-refractivity contribution in [3.05, 3.63) is 53.9 Å². The second kappa shape index (κ2) is 8.05. The molecule has 7 nitrogen and oxygen atoms in total. The second-order valence-corrected chi connectivity index (χ2v) is 7.08. The highest BCUT2D eigenvalue weighted by Crippen LogP contribution is 2.41. The minimum absolute atomic E-state index is 0.00556. The molecule has 2 amide bonds. The van der Waals surface area contributed by atoms with Crippen LogP contribution in [0.2, 0.25) is 0 Å². The lowest BCUT2D eigenvalue weighted by molar-refractivity contribution is -0.272. The molecule has 1 N–H and O–H groups in total. The van der Waals surface area contributed by atoms with E-state index in [1.165, 1.54) is 36.3 Å². The molecule has 0 saturated carbocycles. The van der Waals surface area contributed by atoms with Crippen molar-refractivity contribution in [2.24, 2.45) is 7.05 Å². The standard InChI is InChI=1S/C19H20F4N4O3/c1-25-6-5-24-17(25)18(30,19(21,22)23)12-15(28)26-7-9-27(10-8-26)16(29)13-3-2-4-14(20)11-13/h2-6,11,30H,7-10,12H2,1H3. The highest BCUT2D eigenvalue weighted by molar-refractivity contribution is 5.94. The molecule has 1 aliphatic rings. The molecule has 1 aromatic carbocycles. The van der Waals surface area contributed by atoms with Crippen LogP contribution in [0.1, 0.15) is 22.6 Å². The van der Waals surface area contributed by atoms with Gasteiger partial charge < -0.3 is 19.5 Å². The molecule has 0 spiro atoms. The molecule has 1 unspecified atom stereocenters. The largest absolute Gasteiger partial charge is 0.425 e. The first-order chi connectivity index (χ1) is 14.0. The Hall–Kier alpha value is -2.95. The number of hydrogen-bond donors (Lipinski definition) is 1. The van der Waals surface area contributed by atoms with E-state index in [1.54, 1.807) is 0 Å². The summed E-state index contributed by atoms with van der Waals surface area (Å²) in [6.07, 6.45) is -3.99. The molecular formula is C19H20F4N4O3. The lowest BCUT2D eigenvalue weighted by Crippen LogP contribution is -2.53. The number of aromatic nitrogens is 2. The van der Waals surface area contributed by atoms with Crippen LogP contribution in [0.15, 0.2) is 36.7 Å². The molecule has 1 saturated heterocycles. The molecule has 30 heavy (non-hydrogen) atoms.